The first kappa shape index (κ1) is 9.48. The number of amides is 1. The summed E-state index contributed by atoms with van der Waals surface area (Å²) in [4.78, 5) is 10.4. The number of piperidine rings is 1. The molecule has 1 amide bonds. The van der Waals surface area contributed by atoms with Crippen molar-refractivity contribution in [3.8, 4) is 0 Å². The molecule has 0 saturated carbocycles. The number of carbonyl (C=O) groups is 1. The van der Waals surface area contributed by atoms with Crippen molar-refractivity contribution < 1.29 is 4.79 Å². The number of nitrogens with two attached hydrogens (primary N) is 1. The van der Waals surface area contributed by atoms with E-state index in [2.05, 4.69) is 10.4 Å². The zero-order valence-electron chi connectivity index (χ0n) is 7.38. The summed E-state index contributed by atoms with van der Waals surface area (Å²) in [5.41, 5.74) is 8.20. The van der Waals surface area contributed by atoms with Crippen molar-refractivity contribution >= 4 is 5.91 Å². The highest BCUT2D eigenvalue weighted by atomic mass is 16.1. The standard InChI is InChI=1S/C8H17N3O/c9-8(12)4-5-10-11-6-2-1-3-7-11/h10H,1-7H2,(H2,9,12). The summed E-state index contributed by atoms with van der Waals surface area (Å²) >= 11 is 0. The van der Waals surface area contributed by atoms with Crippen LogP contribution in [-0.4, -0.2) is 30.6 Å². The van der Waals surface area contributed by atoms with E-state index in [4.69, 9.17) is 5.73 Å². The lowest BCUT2D eigenvalue weighted by Crippen LogP contribution is -2.42. The maximum atomic E-state index is 10.4. The summed E-state index contributed by atoms with van der Waals surface area (Å²) in [6.45, 7) is 2.87. The van der Waals surface area contributed by atoms with Gasteiger partial charge in [-0.1, -0.05) is 6.42 Å². The monoisotopic (exact) mass is 171 g/mol. The smallest absolute Gasteiger partial charge is 0.218 e. The number of nitrogens with zero attached hydrogens (tertiary/aromatic N) is 1. The zero-order valence-corrected chi connectivity index (χ0v) is 7.38. The predicted octanol–water partition coefficient (Wildman–Crippen LogP) is -0.148. The predicted molar refractivity (Wildman–Crippen MR) is 47.2 cm³/mol. The molecule has 0 aliphatic carbocycles. The van der Waals surface area contributed by atoms with Crippen LogP contribution in [-0.2, 0) is 4.79 Å². The molecule has 1 saturated heterocycles. The number of nitrogens with one attached hydrogen (secondary N) is 1. The minimum atomic E-state index is -0.237. The second-order valence-corrected chi connectivity index (χ2v) is 3.17. The van der Waals surface area contributed by atoms with Crippen molar-refractivity contribution in [1.29, 1.82) is 0 Å². The molecule has 0 unspecified atom stereocenters. The molecule has 1 rings (SSSR count). The second kappa shape index (κ2) is 5.11. The summed E-state index contributed by atoms with van der Waals surface area (Å²) < 4.78 is 0. The van der Waals surface area contributed by atoms with Gasteiger partial charge in [0, 0.05) is 26.1 Å². The van der Waals surface area contributed by atoms with Gasteiger partial charge in [0.2, 0.25) is 5.91 Å². The lowest BCUT2D eigenvalue weighted by atomic mass is 10.2. The van der Waals surface area contributed by atoms with Crippen molar-refractivity contribution in [2.24, 2.45) is 5.73 Å². The maximum Gasteiger partial charge on any atom is 0.218 e. The molecule has 12 heavy (non-hydrogen) atoms. The van der Waals surface area contributed by atoms with E-state index in [0.29, 0.717) is 13.0 Å². The molecule has 0 aromatic rings. The average molecular weight is 171 g/mol. The molecular weight excluding hydrogens is 154 g/mol. The van der Waals surface area contributed by atoms with Crippen LogP contribution < -0.4 is 11.2 Å². The number of carbonyl (C=O) groups excluding carboxylic acids is 1. The fourth-order valence-electron chi connectivity index (χ4n) is 1.39. The van der Waals surface area contributed by atoms with Gasteiger partial charge in [-0.05, 0) is 12.8 Å². The number of hydrogen-bond acceptors (Lipinski definition) is 3. The van der Waals surface area contributed by atoms with Gasteiger partial charge < -0.3 is 5.73 Å². The molecule has 0 aromatic heterocycles. The first-order valence-corrected chi connectivity index (χ1v) is 4.56. The van der Waals surface area contributed by atoms with Crippen molar-refractivity contribution in [2.45, 2.75) is 25.7 Å². The van der Waals surface area contributed by atoms with Crippen LogP contribution in [0.3, 0.4) is 0 Å². The molecule has 0 radical (unpaired) electrons. The summed E-state index contributed by atoms with van der Waals surface area (Å²) in [6.07, 6.45) is 4.26. The lowest BCUT2D eigenvalue weighted by molar-refractivity contribution is -0.118. The normalized spacial score (nSPS) is 19.3. The minimum Gasteiger partial charge on any atom is -0.370 e. The molecule has 0 bridgehead atoms. The molecule has 0 spiro atoms. The highest BCUT2D eigenvalue weighted by Gasteiger charge is 2.08. The van der Waals surface area contributed by atoms with Crippen LogP contribution in [0.15, 0.2) is 0 Å². The van der Waals surface area contributed by atoms with E-state index < -0.39 is 0 Å². The van der Waals surface area contributed by atoms with Gasteiger partial charge in [-0.15, -0.1) is 0 Å². The van der Waals surface area contributed by atoms with Crippen LogP contribution in [0.4, 0.5) is 0 Å². The van der Waals surface area contributed by atoms with Gasteiger partial charge in [0.05, 0.1) is 0 Å². The Bertz CT molecular complexity index is 143. The van der Waals surface area contributed by atoms with Crippen LogP contribution in [0.5, 0.6) is 0 Å². The molecule has 0 atom stereocenters. The van der Waals surface area contributed by atoms with Crippen LogP contribution in [0, 0.1) is 0 Å². The third-order valence-electron chi connectivity index (χ3n) is 2.06. The molecule has 70 valence electrons. The molecule has 1 aliphatic rings. The highest BCUT2D eigenvalue weighted by molar-refractivity contribution is 5.73. The molecule has 0 aromatic carbocycles. The molecular formula is C8H17N3O. The van der Waals surface area contributed by atoms with Crippen LogP contribution in [0.25, 0.3) is 0 Å². The molecule has 4 nitrogen and oxygen atoms in total. The molecule has 1 heterocycles. The van der Waals surface area contributed by atoms with E-state index in [1.54, 1.807) is 0 Å². The Hall–Kier alpha value is -0.610. The van der Waals surface area contributed by atoms with Gasteiger partial charge >= 0.3 is 0 Å². The minimum absolute atomic E-state index is 0.237. The molecule has 3 N–H and O–H groups in total. The fraction of sp³-hybridized carbons (Fsp3) is 0.875. The Morgan fingerprint density at radius 3 is 2.58 bits per heavy atom. The van der Waals surface area contributed by atoms with Gasteiger partial charge in [0.15, 0.2) is 0 Å². The van der Waals surface area contributed by atoms with Gasteiger partial charge in [0.25, 0.3) is 0 Å². The Morgan fingerprint density at radius 1 is 1.33 bits per heavy atom. The third-order valence-corrected chi connectivity index (χ3v) is 2.06. The second-order valence-electron chi connectivity index (χ2n) is 3.17. The summed E-state index contributed by atoms with van der Waals surface area (Å²) in [5.74, 6) is -0.237. The van der Waals surface area contributed by atoms with E-state index >= 15 is 0 Å². The van der Waals surface area contributed by atoms with Gasteiger partial charge in [0.1, 0.15) is 0 Å². The van der Waals surface area contributed by atoms with Gasteiger partial charge in [-0.2, -0.15) is 0 Å². The SMILES string of the molecule is NC(=O)CCNN1CCCCC1. The largest absolute Gasteiger partial charge is 0.370 e. The van der Waals surface area contributed by atoms with Crippen molar-refractivity contribution in [3.63, 3.8) is 0 Å². The Kier molecular flexibility index (Phi) is 4.04. The summed E-state index contributed by atoms with van der Waals surface area (Å²) in [6, 6.07) is 0. The van der Waals surface area contributed by atoms with Gasteiger partial charge in [-0.25, -0.2) is 5.01 Å². The van der Waals surface area contributed by atoms with Crippen molar-refractivity contribution in [2.75, 3.05) is 19.6 Å². The lowest BCUT2D eigenvalue weighted by Gasteiger charge is -2.26. The van der Waals surface area contributed by atoms with Crippen molar-refractivity contribution in [3.05, 3.63) is 0 Å². The fourth-order valence-corrected chi connectivity index (χ4v) is 1.39. The Balaban J connectivity index is 2.01. The molecule has 4 heteroatoms. The van der Waals surface area contributed by atoms with Crippen LogP contribution in [0.2, 0.25) is 0 Å². The van der Waals surface area contributed by atoms with E-state index in [1.807, 2.05) is 0 Å². The summed E-state index contributed by atoms with van der Waals surface area (Å²) in [7, 11) is 0. The third kappa shape index (κ3) is 3.69. The van der Waals surface area contributed by atoms with E-state index in [0.717, 1.165) is 13.1 Å². The maximum absolute atomic E-state index is 10.4. The number of primary amides is 1. The number of hydrazine groups is 1. The first-order valence-electron chi connectivity index (χ1n) is 4.56. The van der Waals surface area contributed by atoms with Gasteiger partial charge in [-0.3, -0.25) is 10.2 Å². The van der Waals surface area contributed by atoms with Crippen LogP contribution >= 0.6 is 0 Å². The van der Waals surface area contributed by atoms with E-state index in [9.17, 15) is 4.79 Å². The number of rotatable bonds is 4. The topological polar surface area (TPSA) is 58.4 Å². The van der Waals surface area contributed by atoms with Crippen LogP contribution in [0.1, 0.15) is 25.7 Å². The molecule has 1 fully saturated rings. The number of hydrogen-bond donors (Lipinski definition) is 2. The quantitative estimate of drug-likeness (QED) is 0.618. The van der Waals surface area contributed by atoms with E-state index in [-0.39, 0.29) is 5.91 Å². The Morgan fingerprint density at radius 2 is 2.00 bits per heavy atom. The van der Waals surface area contributed by atoms with Crippen molar-refractivity contribution in [1.82, 2.24) is 10.4 Å². The highest BCUT2D eigenvalue weighted by Crippen LogP contribution is 2.05. The van der Waals surface area contributed by atoms with E-state index in [1.165, 1.54) is 19.3 Å². The molecule has 1 aliphatic heterocycles. The summed E-state index contributed by atoms with van der Waals surface area (Å²) in [5, 5.41) is 2.17. The zero-order chi connectivity index (χ0) is 8.81. The Labute approximate surface area is 73.1 Å². The first-order chi connectivity index (χ1) is 5.79. The average Bonchev–Trinajstić information content (AvgIpc) is 2.05.